The van der Waals surface area contributed by atoms with E-state index in [-0.39, 0.29) is 11.6 Å². The lowest BCUT2D eigenvalue weighted by Gasteiger charge is -2.16. The highest BCUT2D eigenvalue weighted by Crippen LogP contribution is 2.23. The number of amides is 1. The molecule has 1 atom stereocenters. The Bertz CT molecular complexity index is 452. The number of aromatic nitrogens is 1. The van der Waals surface area contributed by atoms with Crippen LogP contribution < -0.4 is 11.3 Å². The minimum atomic E-state index is -0.118. The minimum absolute atomic E-state index is 0.118. The van der Waals surface area contributed by atoms with Gasteiger partial charge in [-0.25, -0.2) is 10.8 Å². The van der Waals surface area contributed by atoms with E-state index in [1.165, 1.54) is 0 Å². The Kier molecular flexibility index (Phi) is 4.04. The number of likely N-dealkylation sites (tertiary alicyclic amines) is 1. The number of carbonyl (C=O) groups is 1. The maximum Gasteiger partial charge on any atom is 0.274 e. The molecule has 1 amide bonds. The van der Waals surface area contributed by atoms with Gasteiger partial charge in [-0.1, -0.05) is 24.9 Å². The molecule has 2 heterocycles. The van der Waals surface area contributed by atoms with Gasteiger partial charge < -0.3 is 10.3 Å². The Morgan fingerprint density at radius 3 is 3.06 bits per heavy atom. The zero-order valence-corrected chi connectivity index (χ0v) is 11.1. The normalized spacial score (nSPS) is 19.1. The van der Waals surface area contributed by atoms with Gasteiger partial charge in [-0.3, -0.25) is 4.79 Å². The highest BCUT2D eigenvalue weighted by atomic mass is 35.5. The van der Waals surface area contributed by atoms with Crippen LogP contribution in [0.1, 0.15) is 30.3 Å². The minimum Gasteiger partial charge on any atom is -0.337 e. The zero-order valence-electron chi connectivity index (χ0n) is 10.3. The third-order valence-corrected chi connectivity index (χ3v) is 3.65. The molecule has 6 heteroatoms. The van der Waals surface area contributed by atoms with Gasteiger partial charge in [0.05, 0.1) is 5.02 Å². The van der Waals surface area contributed by atoms with Crippen molar-refractivity contribution >= 4 is 23.3 Å². The van der Waals surface area contributed by atoms with E-state index in [9.17, 15) is 4.79 Å². The van der Waals surface area contributed by atoms with E-state index in [0.717, 1.165) is 25.9 Å². The van der Waals surface area contributed by atoms with E-state index in [0.29, 0.717) is 16.8 Å². The Hall–Kier alpha value is -1.33. The number of carbonyl (C=O) groups excluding carboxylic acids is 1. The van der Waals surface area contributed by atoms with E-state index in [2.05, 4.69) is 17.3 Å². The van der Waals surface area contributed by atoms with Crippen LogP contribution in [0.2, 0.25) is 5.02 Å². The monoisotopic (exact) mass is 268 g/mol. The van der Waals surface area contributed by atoms with E-state index in [1.54, 1.807) is 12.1 Å². The first-order valence-corrected chi connectivity index (χ1v) is 6.46. The summed E-state index contributed by atoms with van der Waals surface area (Å²) in [5.41, 5.74) is 2.69. The summed E-state index contributed by atoms with van der Waals surface area (Å²) in [4.78, 5) is 18.2. The van der Waals surface area contributed by atoms with Crippen molar-refractivity contribution in [2.24, 2.45) is 11.8 Å². The van der Waals surface area contributed by atoms with E-state index >= 15 is 0 Å². The molecular formula is C12H17ClN4O. The van der Waals surface area contributed by atoms with Crippen LogP contribution in [-0.2, 0) is 0 Å². The topological polar surface area (TPSA) is 71.2 Å². The Balaban J connectivity index is 2.18. The van der Waals surface area contributed by atoms with Crippen LogP contribution in [0.5, 0.6) is 0 Å². The SMILES string of the molecule is CCC1CCN(C(=O)c2nc(NN)ccc2Cl)C1. The fourth-order valence-electron chi connectivity index (χ4n) is 2.17. The second kappa shape index (κ2) is 5.54. The zero-order chi connectivity index (χ0) is 13.1. The molecule has 0 aliphatic carbocycles. The van der Waals surface area contributed by atoms with Gasteiger partial charge in [0.2, 0.25) is 0 Å². The number of rotatable bonds is 3. The summed E-state index contributed by atoms with van der Waals surface area (Å²) in [6, 6.07) is 3.27. The van der Waals surface area contributed by atoms with Crippen molar-refractivity contribution in [3.8, 4) is 0 Å². The Morgan fingerprint density at radius 1 is 1.67 bits per heavy atom. The number of hydrogen-bond donors (Lipinski definition) is 2. The maximum atomic E-state index is 12.3. The lowest BCUT2D eigenvalue weighted by molar-refractivity contribution is 0.0781. The molecule has 0 spiro atoms. The predicted octanol–water partition coefficient (Wildman–Crippen LogP) is 1.89. The standard InChI is InChI=1S/C12H17ClN4O/c1-2-8-5-6-17(7-8)12(18)11-9(13)3-4-10(15-11)16-14/h3-4,8H,2,5-7,14H2,1H3,(H,15,16). The first kappa shape index (κ1) is 13.1. The lowest BCUT2D eigenvalue weighted by Crippen LogP contribution is -2.30. The molecule has 1 aliphatic rings. The molecule has 2 rings (SSSR count). The summed E-state index contributed by atoms with van der Waals surface area (Å²) in [5, 5.41) is 0.360. The molecule has 18 heavy (non-hydrogen) atoms. The molecule has 0 aromatic carbocycles. The summed E-state index contributed by atoms with van der Waals surface area (Å²) >= 11 is 6.02. The van der Waals surface area contributed by atoms with Gasteiger partial charge in [-0.2, -0.15) is 0 Å². The lowest BCUT2D eigenvalue weighted by atomic mass is 10.1. The van der Waals surface area contributed by atoms with Crippen molar-refractivity contribution in [3.63, 3.8) is 0 Å². The van der Waals surface area contributed by atoms with Crippen LogP contribution in [-0.4, -0.2) is 28.9 Å². The number of hydrogen-bond acceptors (Lipinski definition) is 4. The summed E-state index contributed by atoms with van der Waals surface area (Å²) in [7, 11) is 0. The van der Waals surface area contributed by atoms with Crippen LogP contribution in [0.3, 0.4) is 0 Å². The fourth-order valence-corrected chi connectivity index (χ4v) is 2.36. The largest absolute Gasteiger partial charge is 0.337 e. The van der Waals surface area contributed by atoms with Crippen molar-refractivity contribution in [3.05, 3.63) is 22.8 Å². The quantitative estimate of drug-likeness (QED) is 0.649. The number of anilines is 1. The Labute approximate surface area is 111 Å². The van der Waals surface area contributed by atoms with Gasteiger partial charge in [0.15, 0.2) is 0 Å². The highest BCUT2D eigenvalue weighted by molar-refractivity contribution is 6.33. The first-order valence-electron chi connectivity index (χ1n) is 6.08. The van der Waals surface area contributed by atoms with Crippen LogP contribution >= 0.6 is 11.6 Å². The fraction of sp³-hybridized carbons (Fsp3) is 0.500. The van der Waals surface area contributed by atoms with Crippen molar-refractivity contribution in [2.75, 3.05) is 18.5 Å². The van der Waals surface area contributed by atoms with Gasteiger partial charge in [0, 0.05) is 13.1 Å². The number of hydrazine groups is 1. The average molecular weight is 269 g/mol. The molecule has 1 saturated heterocycles. The molecule has 0 radical (unpaired) electrons. The molecule has 1 unspecified atom stereocenters. The average Bonchev–Trinajstić information content (AvgIpc) is 2.87. The molecule has 98 valence electrons. The van der Waals surface area contributed by atoms with Crippen LogP contribution in [0.4, 0.5) is 5.82 Å². The second-order valence-electron chi connectivity index (χ2n) is 4.49. The van der Waals surface area contributed by atoms with Crippen molar-refractivity contribution < 1.29 is 4.79 Å². The van der Waals surface area contributed by atoms with Crippen LogP contribution in [0.25, 0.3) is 0 Å². The summed E-state index contributed by atoms with van der Waals surface area (Å²) in [6.07, 6.45) is 2.14. The molecule has 0 bridgehead atoms. The molecule has 1 aromatic rings. The number of pyridine rings is 1. The third-order valence-electron chi connectivity index (χ3n) is 3.35. The molecule has 1 aliphatic heterocycles. The van der Waals surface area contributed by atoms with Gasteiger partial charge in [0.1, 0.15) is 11.5 Å². The predicted molar refractivity (Wildman–Crippen MR) is 71.4 cm³/mol. The molecule has 3 N–H and O–H groups in total. The maximum absolute atomic E-state index is 12.3. The van der Waals surface area contributed by atoms with Gasteiger partial charge in [-0.15, -0.1) is 0 Å². The van der Waals surface area contributed by atoms with E-state index in [4.69, 9.17) is 17.4 Å². The van der Waals surface area contributed by atoms with Gasteiger partial charge in [-0.05, 0) is 24.5 Å². The van der Waals surface area contributed by atoms with Gasteiger partial charge >= 0.3 is 0 Å². The van der Waals surface area contributed by atoms with Crippen molar-refractivity contribution in [2.45, 2.75) is 19.8 Å². The number of nitrogen functional groups attached to an aromatic ring is 1. The van der Waals surface area contributed by atoms with Gasteiger partial charge in [0.25, 0.3) is 5.91 Å². The number of halogens is 1. The smallest absolute Gasteiger partial charge is 0.274 e. The second-order valence-corrected chi connectivity index (χ2v) is 4.89. The summed E-state index contributed by atoms with van der Waals surface area (Å²) < 4.78 is 0. The molecule has 1 aromatic heterocycles. The van der Waals surface area contributed by atoms with E-state index in [1.807, 2.05) is 4.90 Å². The molecule has 0 saturated carbocycles. The van der Waals surface area contributed by atoms with Crippen LogP contribution in [0, 0.1) is 5.92 Å². The highest BCUT2D eigenvalue weighted by Gasteiger charge is 2.27. The third kappa shape index (κ3) is 2.57. The molecule has 5 nitrogen and oxygen atoms in total. The van der Waals surface area contributed by atoms with Crippen LogP contribution in [0.15, 0.2) is 12.1 Å². The number of nitrogens with two attached hydrogens (primary N) is 1. The summed E-state index contributed by atoms with van der Waals surface area (Å²) in [5.74, 6) is 6.19. The Morgan fingerprint density at radius 2 is 2.44 bits per heavy atom. The number of nitrogens with one attached hydrogen (secondary N) is 1. The summed E-state index contributed by atoms with van der Waals surface area (Å²) in [6.45, 7) is 3.70. The van der Waals surface area contributed by atoms with Crippen molar-refractivity contribution in [1.29, 1.82) is 0 Å². The van der Waals surface area contributed by atoms with E-state index < -0.39 is 0 Å². The number of nitrogens with zero attached hydrogens (tertiary/aromatic N) is 2. The first-order chi connectivity index (χ1) is 8.65. The molecule has 1 fully saturated rings. The van der Waals surface area contributed by atoms with Crippen molar-refractivity contribution in [1.82, 2.24) is 9.88 Å². The molecular weight excluding hydrogens is 252 g/mol.